The Bertz CT molecular complexity index is 633. The fraction of sp³-hybridized carbons (Fsp3) is 0.231. The van der Waals surface area contributed by atoms with Crippen LogP contribution >= 0.6 is 15.9 Å². The third-order valence-corrected chi connectivity index (χ3v) is 3.08. The van der Waals surface area contributed by atoms with Crippen molar-refractivity contribution in [3.63, 3.8) is 0 Å². The van der Waals surface area contributed by atoms with Gasteiger partial charge >= 0.3 is 0 Å². The molecule has 19 heavy (non-hydrogen) atoms. The molecular weight excluding hydrogens is 312 g/mol. The summed E-state index contributed by atoms with van der Waals surface area (Å²) in [4.78, 5) is 25.0. The molecule has 5 nitrogen and oxygen atoms in total. The number of likely N-dealkylation sites (N-methyl/N-ethyl adjacent to an activating group) is 1. The second-order valence-electron chi connectivity index (χ2n) is 4.12. The summed E-state index contributed by atoms with van der Waals surface area (Å²) in [6.45, 7) is 0.393. The first-order valence-corrected chi connectivity index (χ1v) is 6.49. The van der Waals surface area contributed by atoms with Gasteiger partial charge in [-0.3, -0.25) is 9.59 Å². The van der Waals surface area contributed by atoms with Crippen molar-refractivity contribution in [1.82, 2.24) is 9.47 Å². The van der Waals surface area contributed by atoms with Crippen LogP contribution in [0.1, 0.15) is 5.76 Å². The van der Waals surface area contributed by atoms with Crippen molar-refractivity contribution in [2.24, 2.45) is 0 Å². The van der Waals surface area contributed by atoms with E-state index in [-0.39, 0.29) is 18.0 Å². The largest absolute Gasteiger partial charge is 0.452 e. The van der Waals surface area contributed by atoms with Gasteiger partial charge < -0.3 is 13.9 Å². The molecule has 0 spiro atoms. The molecule has 0 aromatic carbocycles. The zero-order valence-corrected chi connectivity index (χ0v) is 12.0. The van der Waals surface area contributed by atoms with Gasteiger partial charge in [0.15, 0.2) is 4.67 Å². The Labute approximate surface area is 118 Å². The molecule has 0 fully saturated rings. The number of pyridine rings is 1. The Morgan fingerprint density at radius 3 is 2.79 bits per heavy atom. The molecule has 0 saturated heterocycles. The highest BCUT2D eigenvalue weighted by Gasteiger charge is 2.12. The maximum Gasteiger partial charge on any atom is 0.250 e. The van der Waals surface area contributed by atoms with E-state index >= 15 is 0 Å². The van der Waals surface area contributed by atoms with Crippen LogP contribution in [0.15, 0.2) is 50.4 Å². The summed E-state index contributed by atoms with van der Waals surface area (Å²) in [6, 6.07) is 8.36. The maximum absolute atomic E-state index is 12.0. The number of hydrogen-bond donors (Lipinski definition) is 0. The van der Waals surface area contributed by atoms with E-state index in [4.69, 9.17) is 4.42 Å². The molecule has 0 N–H and O–H groups in total. The molecule has 2 aromatic rings. The second kappa shape index (κ2) is 5.88. The summed E-state index contributed by atoms with van der Waals surface area (Å²) >= 11 is 3.21. The van der Waals surface area contributed by atoms with Crippen LogP contribution in [-0.4, -0.2) is 22.4 Å². The average molecular weight is 325 g/mol. The summed E-state index contributed by atoms with van der Waals surface area (Å²) < 4.78 is 7.33. The summed E-state index contributed by atoms with van der Waals surface area (Å²) in [6.07, 6.45) is 1.59. The van der Waals surface area contributed by atoms with Crippen LogP contribution < -0.4 is 5.56 Å². The predicted octanol–water partition coefficient (Wildman–Crippen LogP) is 1.86. The standard InChI is InChI=1S/C13H13BrN2O3/c1-15(8-10-5-6-11(14)19-10)13(18)9-16-7-3-2-4-12(16)17/h2-7H,8-9H2,1H3. The van der Waals surface area contributed by atoms with Crippen LogP contribution in [0.3, 0.4) is 0 Å². The smallest absolute Gasteiger partial charge is 0.250 e. The van der Waals surface area contributed by atoms with E-state index in [0.29, 0.717) is 17.0 Å². The molecule has 100 valence electrons. The Hall–Kier alpha value is -1.82. The van der Waals surface area contributed by atoms with Gasteiger partial charge in [0.05, 0.1) is 6.54 Å². The van der Waals surface area contributed by atoms with Crippen LogP contribution in [0.2, 0.25) is 0 Å². The van der Waals surface area contributed by atoms with Crippen molar-refractivity contribution in [1.29, 1.82) is 0 Å². The van der Waals surface area contributed by atoms with Gasteiger partial charge in [0.1, 0.15) is 12.3 Å². The molecule has 2 rings (SSSR count). The summed E-state index contributed by atoms with van der Waals surface area (Å²) in [5, 5.41) is 0. The van der Waals surface area contributed by atoms with Crippen LogP contribution in [0.25, 0.3) is 0 Å². The predicted molar refractivity (Wildman–Crippen MR) is 73.6 cm³/mol. The molecular formula is C13H13BrN2O3. The lowest BCUT2D eigenvalue weighted by atomic mass is 10.4. The summed E-state index contributed by atoms with van der Waals surface area (Å²) in [5.74, 6) is 0.531. The third-order valence-electron chi connectivity index (χ3n) is 2.65. The van der Waals surface area contributed by atoms with Crippen molar-refractivity contribution in [3.8, 4) is 0 Å². The van der Waals surface area contributed by atoms with Gasteiger partial charge in [-0.1, -0.05) is 6.07 Å². The number of halogens is 1. The number of hydrogen-bond acceptors (Lipinski definition) is 3. The molecule has 0 aliphatic heterocycles. The van der Waals surface area contributed by atoms with Crippen LogP contribution in [0.4, 0.5) is 0 Å². The third kappa shape index (κ3) is 3.57. The minimum Gasteiger partial charge on any atom is -0.452 e. The van der Waals surface area contributed by atoms with Gasteiger partial charge in [-0.2, -0.15) is 0 Å². The summed E-state index contributed by atoms with van der Waals surface area (Å²) in [5.41, 5.74) is -0.190. The number of nitrogens with zero attached hydrogens (tertiary/aromatic N) is 2. The van der Waals surface area contributed by atoms with Gasteiger partial charge in [-0.15, -0.1) is 0 Å². The lowest BCUT2D eigenvalue weighted by Gasteiger charge is -2.16. The Kier molecular flexibility index (Phi) is 4.21. The van der Waals surface area contributed by atoms with Gasteiger partial charge in [0.25, 0.3) is 5.56 Å². The second-order valence-corrected chi connectivity index (χ2v) is 4.90. The fourth-order valence-electron chi connectivity index (χ4n) is 1.62. The number of carbonyl (C=O) groups is 1. The summed E-state index contributed by atoms with van der Waals surface area (Å²) in [7, 11) is 1.67. The molecule has 0 radical (unpaired) electrons. The number of amides is 1. The lowest BCUT2D eigenvalue weighted by Crippen LogP contribution is -2.33. The van der Waals surface area contributed by atoms with Gasteiger partial charge in [0, 0.05) is 19.3 Å². The minimum absolute atomic E-state index is 0.0258. The highest BCUT2D eigenvalue weighted by Crippen LogP contribution is 2.15. The molecule has 0 atom stereocenters. The Balaban J connectivity index is 2.00. The fourth-order valence-corrected chi connectivity index (χ4v) is 1.96. The van der Waals surface area contributed by atoms with Crippen molar-refractivity contribution in [2.45, 2.75) is 13.1 Å². The molecule has 2 aromatic heterocycles. The van der Waals surface area contributed by atoms with E-state index in [0.717, 1.165) is 0 Å². The van der Waals surface area contributed by atoms with E-state index in [1.807, 2.05) is 0 Å². The zero-order valence-electron chi connectivity index (χ0n) is 10.4. The van der Waals surface area contributed by atoms with Crippen LogP contribution in [0.5, 0.6) is 0 Å². The van der Waals surface area contributed by atoms with E-state index in [1.165, 1.54) is 15.5 Å². The van der Waals surface area contributed by atoms with Crippen molar-refractivity contribution in [3.05, 3.63) is 57.3 Å². The zero-order chi connectivity index (χ0) is 13.8. The average Bonchev–Trinajstić information content (AvgIpc) is 2.77. The monoisotopic (exact) mass is 324 g/mol. The Morgan fingerprint density at radius 2 is 2.16 bits per heavy atom. The number of aromatic nitrogens is 1. The molecule has 0 aliphatic rings. The number of furan rings is 1. The first-order valence-electron chi connectivity index (χ1n) is 5.70. The molecule has 0 bridgehead atoms. The quantitative estimate of drug-likeness (QED) is 0.862. The Morgan fingerprint density at radius 1 is 1.37 bits per heavy atom. The van der Waals surface area contributed by atoms with Gasteiger partial charge in [0.2, 0.25) is 5.91 Å². The lowest BCUT2D eigenvalue weighted by molar-refractivity contribution is -0.131. The van der Waals surface area contributed by atoms with Crippen molar-refractivity contribution >= 4 is 21.8 Å². The van der Waals surface area contributed by atoms with E-state index in [9.17, 15) is 9.59 Å². The highest BCUT2D eigenvalue weighted by atomic mass is 79.9. The molecule has 1 amide bonds. The van der Waals surface area contributed by atoms with E-state index in [2.05, 4.69) is 15.9 Å². The van der Waals surface area contributed by atoms with Crippen LogP contribution in [0, 0.1) is 0 Å². The molecule has 0 unspecified atom stereocenters. The molecule has 2 heterocycles. The maximum atomic E-state index is 12.0. The number of carbonyl (C=O) groups excluding carboxylic acids is 1. The first kappa shape index (κ1) is 13.6. The molecule has 0 saturated carbocycles. The highest BCUT2D eigenvalue weighted by molar-refractivity contribution is 9.10. The van der Waals surface area contributed by atoms with E-state index < -0.39 is 0 Å². The van der Waals surface area contributed by atoms with E-state index in [1.54, 1.807) is 37.5 Å². The topological polar surface area (TPSA) is 55.5 Å². The van der Waals surface area contributed by atoms with Crippen molar-refractivity contribution < 1.29 is 9.21 Å². The SMILES string of the molecule is CN(Cc1ccc(Br)o1)C(=O)Cn1ccccc1=O. The number of rotatable bonds is 4. The van der Waals surface area contributed by atoms with Crippen molar-refractivity contribution in [2.75, 3.05) is 7.05 Å². The molecule has 6 heteroatoms. The van der Waals surface area contributed by atoms with Crippen LogP contribution in [-0.2, 0) is 17.9 Å². The molecule has 0 aliphatic carbocycles. The van der Waals surface area contributed by atoms with Gasteiger partial charge in [-0.05, 0) is 34.1 Å². The normalized spacial score (nSPS) is 10.4. The minimum atomic E-state index is -0.190. The van der Waals surface area contributed by atoms with Gasteiger partial charge in [-0.25, -0.2) is 0 Å². The first-order chi connectivity index (χ1) is 9.06.